The standard InChI is InChI=1S/C9H11N3O2/c13-7-2-1-3-12(5-7)8-4-9(14)11-6-10-8/h4,6H,1-3,5H2,(H,10,11,14). The van der Waals surface area contributed by atoms with Gasteiger partial charge >= 0.3 is 0 Å². The molecule has 5 nitrogen and oxygen atoms in total. The lowest BCUT2D eigenvalue weighted by molar-refractivity contribution is -0.118. The fourth-order valence-electron chi connectivity index (χ4n) is 1.56. The lowest BCUT2D eigenvalue weighted by Gasteiger charge is -2.26. The van der Waals surface area contributed by atoms with E-state index in [2.05, 4.69) is 9.97 Å². The van der Waals surface area contributed by atoms with Crippen molar-refractivity contribution in [3.05, 3.63) is 22.7 Å². The zero-order chi connectivity index (χ0) is 9.97. The van der Waals surface area contributed by atoms with Crippen LogP contribution in [-0.4, -0.2) is 28.8 Å². The van der Waals surface area contributed by atoms with Gasteiger partial charge in [-0.1, -0.05) is 0 Å². The van der Waals surface area contributed by atoms with Crippen LogP contribution < -0.4 is 10.5 Å². The first-order valence-corrected chi connectivity index (χ1v) is 4.57. The highest BCUT2D eigenvalue weighted by molar-refractivity contribution is 5.84. The summed E-state index contributed by atoms with van der Waals surface area (Å²) in [7, 11) is 0. The molecule has 1 saturated heterocycles. The molecule has 1 fully saturated rings. The van der Waals surface area contributed by atoms with Gasteiger partial charge in [-0.2, -0.15) is 0 Å². The molecule has 0 amide bonds. The van der Waals surface area contributed by atoms with Crippen molar-refractivity contribution >= 4 is 11.6 Å². The van der Waals surface area contributed by atoms with Crippen molar-refractivity contribution < 1.29 is 4.79 Å². The number of anilines is 1. The number of H-pyrrole nitrogens is 1. The van der Waals surface area contributed by atoms with Crippen molar-refractivity contribution in [2.24, 2.45) is 0 Å². The largest absolute Gasteiger partial charge is 0.349 e. The number of piperidine rings is 1. The van der Waals surface area contributed by atoms with Gasteiger partial charge in [-0.25, -0.2) is 4.98 Å². The Kier molecular flexibility index (Phi) is 2.30. The predicted molar refractivity (Wildman–Crippen MR) is 51.3 cm³/mol. The maximum absolute atomic E-state index is 11.2. The predicted octanol–water partition coefficient (Wildman–Crippen LogP) is -0.0608. The Hall–Kier alpha value is -1.65. The molecule has 0 atom stereocenters. The highest BCUT2D eigenvalue weighted by Gasteiger charge is 2.17. The Bertz CT molecular complexity index is 399. The van der Waals surface area contributed by atoms with Crippen LogP contribution in [0.3, 0.4) is 0 Å². The molecular weight excluding hydrogens is 182 g/mol. The number of hydrogen-bond acceptors (Lipinski definition) is 4. The van der Waals surface area contributed by atoms with Gasteiger partial charge in [0.1, 0.15) is 5.82 Å². The first kappa shape index (κ1) is 8.93. The number of carbonyl (C=O) groups is 1. The number of hydrogen-bond donors (Lipinski definition) is 1. The minimum atomic E-state index is -0.187. The molecule has 1 aromatic heterocycles. The van der Waals surface area contributed by atoms with Gasteiger partial charge in [0, 0.05) is 19.0 Å². The van der Waals surface area contributed by atoms with Crippen molar-refractivity contribution in [2.45, 2.75) is 12.8 Å². The van der Waals surface area contributed by atoms with Crippen LogP contribution in [0.5, 0.6) is 0 Å². The van der Waals surface area contributed by atoms with Gasteiger partial charge in [-0.05, 0) is 6.42 Å². The Balaban J connectivity index is 2.22. The van der Waals surface area contributed by atoms with Gasteiger partial charge in [0.05, 0.1) is 12.9 Å². The van der Waals surface area contributed by atoms with E-state index in [1.54, 1.807) is 0 Å². The van der Waals surface area contributed by atoms with E-state index >= 15 is 0 Å². The maximum atomic E-state index is 11.2. The second-order valence-electron chi connectivity index (χ2n) is 3.33. The van der Waals surface area contributed by atoms with Gasteiger partial charge in [0.15, 0.2) is 5.78 Å². The topological polar surface area (TPSA) is 66.1 Å². The molecule has 1 aliphatic rings. The summed E-state index contributed by atoms with van der Waals surface area (Å²) in [5, 5.41) is 0. The molecule has 1 aromatic rings. The number of carbonyl (C=O) groups excluding carboxylic acids is 1. The number of aromatic nitrogens is 2. The van der Waals surface area contributed by atoms with Crippen LogP contribution in [0.1, 0.15) is 12.8 Å². The van der Waals surface area contributed by atoms with Crippen LogP contribution in [-0.2, 0) is 4.79 Å². The fraction of sp³-hybridized carbons (Fsp3) is 0.444. The van der Waals surface area contributed by atoms with Crippen LogP contribution in [0.4, 0.5) is 5.82 Å². The summed E-state index contributed by atoms with van der Waals surface area (Å²) < 4.78 is 0. The molecule has 2 rings (SSSR count). The molecule has 0 saturated carbocycles. The van der Waals surface area contributed by atoms with E-state index in [4.69, 9.17) is 0 Å². The minimum Gasteiger partial charge on any atom is -0.349 e. The molecule has 1 N–H and O–H groups in total. The van der Waals surface area contributed by atoms with Crippen molar-refractivity contribution in [1.29, 1.82) is 0 Å². The molecule has 0 spiro atoms. The highest BCUT2D eigenvalue weighted by atomic mass is 16.1. The van der Waals surface area contributed by atoms with Crippen molar-refractivity contribution in [2.75, 3.05) is 18.0 Å². The van der Waals surface area contributed by atoms with Gasteiger partial charge in [-0.15, -0.1) is 0 Å². The second-order valence-corrected chi connectivity index (χ2v) is 3.33. The molecule has 74 valence electrons. The van der Waals surface area contributed by atoms with Crippen LogP contribution in [0.25, 0.3) is 0 Å². The summed E-state index contributed by atoms with van der Waals surface area (Å²) in [6, 6.07) is 1.42. The summed E-state index contributed by atoms with van der Waals surface area (Å²) in [4.78, 5) is 30.5. The van der Waals surface area contributed by atoms with Gasteiger partial charge < -0.3 is 9.88 Å². The van der Waals surface area contributed by atoms with E-state index in [1.807, 2.05) is 4.90 Å². The third-order valence-corrected chi connectivity index (χ3v) is 2.24. The van der Waals surface area contributed by atoms with Gasteiger partial charge in [-0.3, -0.25) is 9.59 Å². The monoisotopic (exact) mass is 193 g/mol. The minimum absolute atomic E-state index is 0.187. The number of Topliss-reactive ketones (excluding diaryl/α,β-unsaturated/α-hetero) is 1. The van der Waals surface area contributed by atoms with E-state index in [0.717, 1.165) is 13.0 Å². The molecule has 0 aliphatic carbocycles. The van der Waals surface area contributed by atoms with Crippen LogP contribution in [0.15, 0.2) is 17.2 Å². The third-order valence-electron chi connectivity index (χ3n) is 2.24. The molecule has 5 heteroatoms. The lowest BCUT2D eigenvalue weighted by atomic mass is 10.1. The van der Waals surface area contributed by atoms with Crippen LogP contribution in [0.2, 0.25) is 0 Å². The zero-order valence-electron chi connectivity index (χ0n) is 7.69. The normalized spacial score (nSPS) is 17.1. The Morgan fingerprint density at radius 3 is 3.00 bits per heavy atom. The molecule has 0 unspecified atom stereocenters. The molecule has 0 radical (unpaired) electrons. The van der Waals surface area contributed by atoms with Gasteiger partial charge in [0.2, 0.25) is 0 Å². The van der Waals surface area contributed by atoms with E-state index < -0.39 is 0 Å². The molecule has 14 heavy (non-hydrogen) atoms. The Morgan fingerprint density at radius 1 is 1.43 bits per heavy atom. The number of nitrogens with one attached hydrogen (secondary N) is 1. The lowest BCUT2D eigenvalue weighted by Crippen LogP contribution is -2.36. The molecule has 0 aromatic carbocycles. The van der Waals surface area contributed by atoms with E-state index in [1.165, 1.54) is 12.4 Å². The second kappa shape index (κ2) is 3.61. The SMILES string of the molecule is O=C1CCCN(c2cc(=O)[nH]cn2)C1. The van der Waals surface area contributed by atoms with Gasteiger partial charge in [0.25, 0.3) is 5.56 Å². The van der Waals surface area contributed by atoms with Crippen LogP contribution in [0, 0.1) is 0 Å². The molecule has 1 aliphatic heterocycles. The molecule has 0 bridgehead atoms. The number of nitrogens with zero attached hydrogens (tertiary/aromatic N) is 2. The number of ketones is 1. The van der Waals surface area contributed by atoms with Crippen LogP contribution >= 0.6 is 0 Å². The summed E-state index contributed by atoms with van der Waals surface area (Å²) in [5.41, 5.74) is -0.187. The first-order chi connectivity index (χ1) is 6.75. The van der Waals surface area contributed by atoms with E-state index in [-0.39, 0.29) is 11.3 Å². The quantitative estimate of drug-likeness (QED) is 0.678. The average molecular weight is 193 g/mol. The van der Waals surface area contributed by atoms with Crippen molar-refractivity contribution in [3.63, 3.8) is 0 Å². The number of aromatic amines is 1. The molecule has 2 heterocycles. The summed E-state index contributed by atoms with van der Waals surface area (Å²) in [6.07, 6.45) is 2.84. The smallest absolute Gasteiger partial charge is 0.252 e. The Labute approximate surface area is 80.8 Å². The zero-order valence-corrected chi connectivity index (χ0v) is 7.69. The van der Waals surface area contributed by atoms with Crippen molar-refractivity contribution in [3.8, 4) is 0 Å². The summed E-state index contributed by atoms with van der Waals surface area (Å²) in [5.74, 6) is 0.792. The summed E-state index contributed by atoms with van der Waals surface area (Å²) >= 11 is 0. The number of rotatable bonds is 1. The van der Waals surface area contributed by atoms with Crippen molar-refractivity contribution in [1.82, 2.24) is 9.97 Å². The fourth-order valence-corrected chi connectivity index (χ4v) is 1.56. The first-order valence-electron chi connectivity index (χ1n) is 4.57. The third kappa shape index (κ3) is 1.81. The molecular formula is C9H11N3O2. The maximum Gasteiger partial charge on any atom is 0.252 e. The van der Waals surface area contributed by atoms with E-state index in [0.29, 0.717) is 18.8 Å². The van der Waals surface area contributed by atoms with E-state index in [9.17, 15) is 9.59 Å². The summed E-state index contributed by atoms with van der Waals surface area (Å²) in [6.45, 7) is 1.17. The average Bonchev–Trinajstić information content (AvgIpc) is 2.18. The Morgan fingerprint density at radius 2 is 2.29 bits per heavy atom. The highest BCUT2D eigenvalue weighted by Crippen LogP contribution is 2.12.